The predicted molar refractivity (Wildman–Crippen MR) is 102 cm³/mol. The van der Waals surface area contributed by atoms with E-state index in [1.807, 2.05) is 31.2 Å². The van der Waals surface area contributed by atoms with Gasteiger partial charge in [0.15, 0.2) is 11.5 Å². The summed E-state index contributed by atoms with van der Waals surface area (Å²) in [6.07, 6.45) is 1.25. The van der Waals surface area contributed by atoms with Crippen molar-refractivity contribution in [3.63, 3.8) is 0 Å². The fourth-order valence-electron chi connectivity index (χ4n) is 2.40. The molecule has 0 aliphatic carbocycles. The Bertz CT molecular complexity index is 1130. The van der Waals surface area contributed by atoms with E-state index >= 15 is 0 Å². The lowest BCUT2D eigenvalue weighted by Gasteiger charge is -2.14. The maximum atomic E-state index is 11.9. The third-order valence-corrected chi connectivity index (χ3v) is 4.54. The van der Waals surface area contributed by atoms with Crippen molar-refractivity contribution in [1.82, 2.24) is 10.6 Å². The highest BCUT2D eigenvalue weighted by Gasteiger charge is 2.29. The lowest BCUT2D eigenvalue weighted by molar-refractivity contribution is -0.401. The quantitative estimate of drug-likeness (QED) is 0.287. The van der Waals surface area contributed by atoms with Crippen molar-refractivity contribution in [2.24, 2.45) is 10.2 Å². The van der Waals surface area contributed by atoms with Gasteiger partial charge in [0.05, 0.1) is 18.0 Å². The number of rotatable bonds is 5. The number of nitrogens with zero attached hydrogens (tertiary/aromatic N) is 5. The molecule has 0 radical (unpaired) electrons. The van der Waals surface area contributed by atoms with E-state index < -0.39 is 10.9 Å². The summed E-state index contributed by atoms with van der Waals surface area (Å²) >= 11 is 1.17. The van der Waals surface area contributed by atoms with Gasteiger partial charge >= 0.3 is 11.9 Å². The van der Waals surface area contributed by atoms with Gasteiger partial charge in [-0.15, -0.1) is 16.5 Å². The van der Waals surface area contributed by atoms with Gasteiger partial charge in [-0.3, -0.25) is 10.1 Å². The summed E-state index contributed by atoms with van der Waals surface area (Å²) in [5.74, 6) is -0.724. The monoisotopic (exact) mass is 412 g/mol. The second kappa shape index (κ2) is 7.61. The highest BCUT2D eigenvalue weighted by atomic mass is 32.1. The maximum Gasteiger partial charge on any atom is 0.433 e. The summed E-state index contributed by atoms with van der Waals surface area (Å²) in [5.41, 5.74) is 4.83. The SMILES string of the molecule is Cc1ccc(N2NOC(=O)/C2=C\N=Nc2nc(-c3ccc([N+](=O)[O-])o3)cs2)cc1. The van der Waals surface area contributed by atoms with Crippen molar-refractivity contribution in [2.75, 3.05) is 5.01 Å². The molecular formula is C17H12N6O5S. The van der Waals surface area contributed by atoms with Crippen LogP contribution in [0.5, 0.6) is 0 Å². The van der Waals surface area contributed by atoms with E-state index in [1.54, 1.807) is 5.38 Å². The minimum Gasteiger partial charge on any atom is -0.399 e. The number of carbonyl (C=O) groups is 1. The summed E-state index contributed by atoms with van der Waals surface area (Å²) in [4.78, 5) is 31.0. The standard InChI is InChI=1S/C17H12N6O5S/c1-10-2-4-11(5-3-10)22-13(16(24)28-21-22)8-18-20-17-19-12(9-29-17)14-6-7-15(27-14)23(25)26/h2-9,21H,1H3/b13-8+,20-18?. The second-order valence-electron chi connectivity index (χ2n) is 5.79. The summed E-state index contributed by atoms with van der Waals surface area (Å²) < 4.78 is 5.10. The van der Waals surface area contributed by atoms with E-state index in [2.05, 4.69) is 20.8 Å². The Kier molecular flexibility index (Phi) is 4.85. The molecule has 3 aromatic rings. The number of nitrogens with one attached hydrogen (secondary N) is 1. The number of aromatic nitrogens is 1. The first-order valence-electron chi connectivity index (χ1n) is 8.16. The third kappa shape index (κ3) is 3.88. The molecule has 3 heterocycles. The molecule has 146 valence electrons. The van der Waals surface area contributed by atoms with Crippen LogP contribution in [-0.2, 0) is 9.63 Å². The lowest BCUT2D eigenvalue weighted by Crippen LogP contribution is -2.28. The number of carbonyl (C=O) groups excluding carboxylic acids is 1. The van der Waals surface area contributed by atoms with E-state index in [9.17, 15) is 14.9 Å². The largest absolute Gasteiger partial charge is 0.433 e. The molecule has 0 saturated carbocycles. The molecule has 0 amide bonds. The van der Waals surface area contributed by atoms with Gasteiger partial charge < -0.3 is 9.25 Å². The topological polar surface area (TPSA) is 135 Å². The number of hydrazine groups is 1. The number of furan rings is 1. The summed E-state index contributed by atoms with van der Waals surface area (Å²) in [6, 6.07) is 10.1. The molecule has 1 saturated heterocycles. The molecule has 0 atom stereocenters. The predicted octanol–water partition coefficient (Wildman–Crippen LogP) is 4.03. The van der Waals surface area contributed by atoms with Gasteiger partial charge in [0.25, 0.3) is 0 Å². The van der Waals surface area contributed by atoms with Crippen molar-refractivity contribution < 1.29 is 19.0 Å². The minimum absolute atomic E-state index is 0.149. The molecule has 0 unspecified atom stereocenters. The van der Waals surface area contributed by atoms with Crippen LogP contribution in [0.15, 0.2) is 68.3 Å². The Labute approximate surface area is 167 Å². The van der Waals surface area contributed by atoms with Gasteiger partial charge in [0.1, 0.15) is 10.6 Å². The van der Waals surface area contributed by atoms with Crippen LogP contribution in [0.4, 0.5) is 16.7 Å². The number of azo groups is 1. The van der Waals surface area contributed by atoms with Crippen molar-refractivity contribution >= 4 is 34.0 Å². The normalized spacial score (nSPS) is 15.4. The first kappa shape index (κ1) is 18.5. The number of aryl methyl sites for hydroxylation is 1. The third-order valence-electron chi connectivity index (χ3n) is 3.81. The number of thiazole rings is 1. The molecule has 4 rings (SSSR count). The summed E-state index contributed by atoms with van der Waals surface area (Å²) in [6.45, 7) is 1.96. The Balaban J connectivity index is 1.51. The van der Waals surface area contributed by atoms with Crippen molar-refractivity contribution in [2.45, 2.75) is 6.92 Å². The van der Waals surface area contributed by atoms with E-state index in [0.717, 1.165) is 5.56 Å². The van der Waals surface area contributed by atoms with Crippen LogP contribution in [0.25, 0.3) is 11.5 Å². The molecule has 1 aliphatic heterocycles. The van der Waals surface area contributed by atoms with Crippen LogP contribution in [-0.4, -0.2) is 15.9 Å². The van der Waals surface area contributed by atoms with Crippen molar-refractivity contribution in [1.29, 1.82) is 0 Å². The molecular weight excluding hydrogens is 400 g/mol. The smallest absolute Gasteiger partial charge is 0.399 e. The molecule has 1 aromatic carbocycles. The highest BCUT2D eigenvalue weighted by Crippen LogP contribution is 2.30. The van der Waals surface area contributed by atoms with E-state index in [1.165, 1.54) is 34.7 Å². The fraction of sp³-hybridized carbons (Fsp3) is 0.0588. The van der Waals surface area contributed by atoms with Crippen LogP contribution in [0.2, 0.25) is 0 Å². The van der Waals surface area contributed by atoms with Gasteiger partial charge in [-0.05, 0) is 25.1 Å². The van der Waals surface area contributed by atoms with Crippen LogP contribution < -0.4 is 10.6 Å². The molecule has 12 heteroatoms. The van der Waals surface area contributed by atoms with Gasteiger partial charge in [0.2, 0.25) is 5.13 Å². The molecule has 1 aliphatic rings. The molecule has 2 aromatic heterocycles. The molecule has 1 N–H and O–H groups in total. The first-order chi connectivity index (χ1) is 14.0. The van der Waals surface area contributed by atoms with Gasteiger partial charge in [0, 0.05) is 5.38 Å². The van der Waals surface area contributed by atoms with Gasteiger partial charge in [-0.2, -0.15) is 5.11 Å². The van der Waals surface area contributed by atoms with Gasteiger partial charge in [-0.25, -0.2) is 14.8 Å². The zero-order chi connectivity index (χ0) is 20.4. The minimum atomic E-state index is -0.628. The zero-order valence-corrected chi connectivity index (χ0v) is 15.6. The molecule has 0 spiro atoms. The number of benzene rings is 1. The van der Waals surface area contributed by atoms with Crippen LogP contribution in [0, 0.1) is 17.0 Å². The Morgan fingerprint density at radius 3 is 2.79 bits per heavy atom. The summed E-state index contributed by atoms with van der Waals surface area (Å²) in [7, 11) is 0. The Hall–Kier alpha value is -3.90. The van der Waals surface area contributed by atoms with Crippen LogP contribution in [0.3, 0.4) is 0 Å². The highest BCUT2D eigenvalue weighted by molar-refractivity contribution is 7.13. The average molecular weight is 412 g/mol. The zero-order valence-electron chi connectivity index (χ0n) is 14.8. The number of hydrogen-bond acceptors (Lipinski definition) is 11. The molecule has 0 bridgehead atoms. The first-order valence-corrected chi connectivity index (χ1v) is 9.04. The number of anilines is 1. The van der Waals surface area contributed by atoms with Crippen LogP contribution in [0.1, 0.15) is 5.56 Å². The number of hydrogen-bond donors (Lipinski definition) is 1. The molecule has 1 fully saturated rings. The van der Waals surface area contributed by atoms with Crippen LogP contribution >= 0.6 is 11.3 Å². The fourth-order valence-corrected chi connectivity index (χ4v) is 3.03. The Morgan fingerprint density at radius 2 is 2.07 bits per heavy atom. The van der Waals surface area contributed by atoms with E-state index in [0.29, 0.717) is 11.4 Å². The van der Waals surface area contributed by atoms with Crippen molar-refractivity contribution in [3.05, 3.63) is 69.4 Å². The number of nitro groups is 1. The summed E-state index contributed by atoms with van der Waals surface area (Å²) in [5, 5.41) is 21.9. The van der Waals surface area contributed by atoms with Gasteiger partial charge in [-0.1, -0.05) is 23.3 Å². The molecule has 11 nitrogen and oxygen atoms in total. The van der Waals surface area contributed by atoms with Crippen molar-refractivity contribution in [3.8, 4) is 11.5 Å². The maximum absolute atomic E-state index is 11.9. The Morgan fingerprint density at radius 1 is 1.28 bits per heavy atom. The molecule has 29 heavy (non-hydrogen) atoms. The van der Waals surface area contributed by atoms with E-state index in [-0.39, 0.29) is 22.5 Å². The van der Waals surface area contributed by atoms with E-state index in [4.69, 9.17) is 9.25 Å². The second-order valence-corrected chi connectivity index (χ2v) is 6.63. The average Bonchev–Trinajstić information content (AvgIpc) is 3.43. The lowest BCUT2D eigenvalue weighted by atomic mass is 10.2.